The zero-order chi connectivity index (χ0) is 12.3. The second kappa shape index (κ2) is 5.32. The molecule has 1 fully saturated rings. The van der Waals surface area contributed by atoms with Crippen molar-refractivity contribution in [2.24, 2.45) is 23.7 Å². The molecular formula is C12H20O4. The summed E-state index contributed by atoms with van der Waals surface area (Å²) in [6.07, 6.45) is 3.51. The molecule has 0 radical (unpaired) electrons. The van der Waals surface area contributed by atoms with Crippen LogP contribution >= 0.6 is 0 Å². The highest BCUT2D eigenvalue weighted by molar-refractivity contribution is 5.70. The van der Waals surface area contributed by atoms with Crippen molar-refractivity contribution in [3.8, 4) is 0 Å². The highest BCUT2D eigenvalue weighted by atomic mass is 16.4. The zero-order valence-corrected chi connectivity index (χ0v) is 9.85. The summed E-state index contributed by atoms with van der Waals surface area (Å²) in [6, 6.07) is 0. The van der Waals surface area contributed by atoms with E-state index in [1.54, 1.807) is 13.8 Å². The third-order valence-corrected chi connectivity index (χ3v) is 3.95. The number of carboxylic acids is 2. The molecule has 0 heterocycles. The van der Waals surface area contributed by atoms with Crippen LogP contribution in [-0.2, 0) is 9.59 Å². The van der Waals surface area contributed by atoms with Gasteiger partial charge in [0.15, 0.2) is 0 Å². The van der Waals surface area contributed by atoms with Crippen molar-refractivity contribution in [1.82, 2.24) is 0 Å². The minimum atomic E-state index is -0.770. The first-order valence-corrected chi connectivity index (χ1v) is 5.89. The maximum atomic E-state index is 10.9. The van der Waals surface area contributed by atoms with Crippen molar-refractivity contribution in [3.63, 3.8) is 0 Å². The molecule has 4 nitrogen and oxygen atoms in total. The average Bonchev–Trinajstić information content (AvgIpc) is 2.26. The second-order valence-electron chi connectivity index (χ2n) is 4.94. The van der Waals surface area contributed by atoms with E-state index in [0.29, 0.717) is 0 Å². The van der Waals surface area contributed by atoms with E-state index in [4.69, 9.17) is 10.2 Å². The van der Waals surface area contributed by atoms with Gasteiger partial charge in [0.2, 0.25) is 0 Å². The van der Waals surface area contributed by atoms with Gasteiger partial charge in [-0.1, -0.05) is 20.3 Å². The number of carbonyl (C=O) groups is 2. The smallest absolute Gasteiger partial charge is 0.306 e. The minimum Gasteiger partial charge on any atom is -0.481 e. The van der Waals surface area contributed by atoms with Crippen LogP contribution in [0.5, 0.6) is 0 Å². The molecule has 1 aliphatic carbocycles. The van der Waals surface area contributed by atoms with Gasteiger partial charge in [0, 0.05) is 0 Å². The molecular weight excluding hydrogens is 208 g/mol. The van der Waals surface area contributed by atoms with E-state index >= 15 is 0 Å². The Hall–Kier alpha value is -1.06. The number of hydrogen-bond donors (Lipinski definition) is 2. The van der Waals surface area contributed by atoms with Crippen LogP contribution < -0.4 is 0 Å². The van der Waals surface area contributed by atoms with Crippen LogP contribution in [0, 0.1) is 23.7 Å². The Morgan fingerprint density at radius 1 is 1.00 bits per heavy atom. The van der Waals surface area contributed by atoms with Crippen molar-refractivity contribution >= 4 is 11.9 Å². The van der Waals surface area contributed by atoms with Crippen LogP contribution in [0.25, 0.3) is 0 Å². The number of rotatable bonds is 4. The third kappa shape index (κ3) is 2.97. The molecule has 0 aromatic carbocycles. The first kappa shape index (κ1) is 13.0. The van der Waals surface area contributed by atoms with Crippen LogP contribution in [0.15, 0.2) is 0 Å². The van der Waals surface area contributed by atoms with Crippen molar-refractivity contribution in [2.45, 2.75) is 39.5 Å². The fourth-order valence-electron chi connectivity index (χ4n) is 2.58. The first-order chi connectivity index (χ1) is 7.43. The Morgan fingerprint density at radius 2 is 1.38 bits per heavy atom. The predicted octanol–water partition coefficient (Wildman–Crippen LogP) is 2.23. The first-order valence-electron chi connectivity index (χ1n) is 5.89. The summed E-state index contributed by atoms with van der Waals surface area (Å²) in [5, 5.41) is 17.9. The van der Waals surface area contributed by atoms with E-state index in [-0.39, 0.29) is 23.7 Å². The fraction of sp³-hybridized carbons (Fsp3) is 0.833. The maximum absolute atomic E-state index is 10.9. The zero-order valence-electron chi connectivity index (χ0n) is 9.85. The van der Waals surface area contributed by atoms with E-state index in [2.05, 4.69) is 0 Å². The molecule has 0 aliphatic heterocycles. The Morgan fingerprint density at radius 3 is 1.69 bits per heavy atom. The summed E-state index contributed by atoms with van der Waals surface area (Å²) in [5.74, 6) is -1.98. The molecule has 1 aliphatic rings. The van der Waals surface area contributed by atoms with Crippen LogP contribution in [-0.4, -0.2) is 22.2 Å². The topological polar surface area (TPSA) is 74.6 Å². The lowest BCUT2D eigenvalue weighted by Crippen LogP contribution is -2.31. The van der Waals surface area contributed by atoms with Gasteiger partial charge in [0.25, 0.3) is 0 Å². The standard InChI is InChI=1S/C12H20O4/c1-7(11(13)14)9-4-3-5-10(6-9)8(2)12(15)16/h7-10H,3-6H2,1-2H3,(H,13,14)(H,15,16). The van der Waals surface area contributed by atoms with Gasteiger partial charge in [-0.05, 0) is 31.1 Å². The third-order valence-electron chi connectivity index (χ3n) is 3.95. The highest BCUT2D eigenvalue weighted by Gasteiger charge is 2.33. The maximum Gasteiger partial charge on any atom is 0.306 e. The largest absolute Gasteiger partial charge is 0.481 e. The molecule has 4 unspecified atom stereocenters. The van der Waals surface area contributed by atoms with Crippen LogP contribution in [0.4, 0.5) is 0 Å². The van der Waals surface area contributed by atoms with Gasteiger partial charge < -0.3 is 10.2 Å². The molecule has 0 bridgehead atoms. The van der Waals surface area contributed by atoms with Crippen LogP contribution in [0.3, 0.4) is 0 Å². The lowest BCUT2D eigenvalue weighted by Gasteiger charge is -2.33. The van der Waals surface area contributed by atoms with E-state index in [1.807, 2.05) is 0 Å². The molecule has 4 atom stereocenters. The van der Waals surface area contributed by atoms with Gasteiger partial charge in [-0.2, -0.15) is 0 Å². The molecule has 4 heteroatoms. The normalized spacial score (nSPS) is 29.4. The summed E-state index contributed by atoms with van der Waals surface area (Å²) in [7, 11) is 0. The Labute approximate surface area is 95.7 Å². The summed E-state index contributed by atoms with van der Waals surface area (Å²) in [4.78, 5) is 21.8. The van der Waals surface area contributed by atoms with E-state index in [0.717, 1.165) is 25.7 Å². The Bertz CT molecular complexity index is 248. The van der Waals surface area contributed by atoms with Crippen LogP contribution in [0.2, 0.25) is 0 Å². The molecule has 16 heavy (non-hydrogen) atoms. The van der Waals surface area contributed by atoms with Gasteiger partial charge in [-0.3, -0.25) is 9.59 Å². The van der Waals surface area contributed by atoms with Gasteiger partial charge in [-0.25, -0.2) is 0 Å². The quantitative estimate of drug-likeness (QED) is 0.773. The summed E-state index contributed by atoms with van der Waals surface area (Å²) in [5.41, 5.74) is 0. The molecule has 0 amide bonds. The van der Waals surface area contributed by atoms with Crippen molar-refractivity contribution in [3.05, 3.63) is 0 Å². The molecule has 0 aromatic rings. The molecule has 1 saturated carbocycles. The second-order valence-corrected chi connectivity index (χ2v) is 4.94. The molecule has 0 aromatic heterocycles. The summed E-state index contributed by atoms with van der Waals surface area (Å²) >= 11 is 0. The van der Waals surface area contributed by atoms with Crippen LogP contribution in [0.1, 0.15) is 39.5 Å². The van der Waals surface area contributed by atoms with Crippen molar-refractivity contribution < 1.29 is 19.8 Å². The number of aliphatic carboxylic acids is 2. The average molecular weight is 228 g/mol. The molecule has 92 valence electrons. The number of hydrogen-bond acceptors (Lipinski definition) is 2. The molecule has 2 N–H and O–H groups in total. The molecule has 1 rings (SSSR count). The van der Waals surface area contributed by atoms with Gasteiger partial charge in [0.05, 0.1) is 11.8 Å². The highest BCUT2D eigenvalue weighted by Crippen LogP contribution is 2.37. The van der Waals surface area contributed by atoms with Crippen molar-refractivity contribution in [2.75, 3.05) is 0 Å². The fourth-order valence-corrected chi connectivity index (χ4v) is 2.58. The van der Waals surface area contributed by atoms with Gasteiger partial charge in [0.1, 0.15) is 0 Å². The lowest BCUT2D eigenvalue weighted by molar-refractivity contribution is -0.145. The minimum absolute atomic E-state index is 0.137. The van der Waals surface area contributed by atoms with E-state index in [9.17, 15) is 9.59 Å². The summed E-state index contributed by atoms with van der Waals surface area (Å²) in [6.45, 7) is 3.45. The monoisotopic (exact) mass is 228 g/mol. The Kier molecular flexibility index (Phi) is 4.33. The van der Waals surface area contributed by atoms with Gasteiger partial charge in [-0.15, -0.1) is 0 Å². The van der Waals surface area contributed by atoms with Gasteiger partial charge >= 0.3 is 11.9 Å². The molecule has 0 spiro atoms. The van der Waals surface area contributed by atoms with E-state index < -0.39 is 11.9 Å². The summed E-state index contributed by atoms with van der Waals surface area (Å²) < 4.78 is 0. The predicted molar refractivity (Wildman–Crippen MR) is 59.0 cm³/mol. The Balaban J connectivity index is 2.60. The number of carboxylic acid groups (broad SMARTS) is 2. The van der Waals surface area contributed by atoms with E-state index in [1.165, 1.54) is 0 Å². The SMILES string of the molecule is CC(C(=O)O)C1CCCC(C(C)C(=O)O)C1. The molecule has 0 saturated heterocycles. The van der Waals surface area contributed by atoms with Crippen molar-refractivity contribution in [1.29, 1.82) is 0 Å². The lowest BCUT2D eigenvalue weighted by atomic mass is 9.71.